The van der Waals surface area contributed by atoms with Gasteiger partial charge in [0.2, 0.25) is 8.03 Å². The normalized spacial score (nSPS) is 11.2. The third kappa shape index (κ3) is 3.26. The summed E-state index contributed by atoms with van der Waals surface area (Å²) in [7, 11) is -1.47. The van der Waals surface area contributed by atoms with Crippen molar-refractivity contribution in [3.8, 4) is 0 Å². The highest BCUT2D eigenvalue weighted by Crippen LogP contribution is 2.17. The van der Waals surface area contributed by atoms with Gasteiger partial charge in [-0.2, -0.15) is 0 Å². The van der Waals surface area contributed by atoms with Crippen LogP contribution in [-0.2, 0) is 15.7 Å². The molecule has 0 amide bonds. The van der Waals surface area contributed by atoms with Crippen LogP contribution in [0.2, 0.25) is 0 Å². The number of benzene rings is 1. The molecule has 2 nitrogen and oxygen atoms in total. The fourth-order valence-electron chi connectivity index (χ4n) is 0.740. The third-order valence-corrected chi connectivity index (χ3v) is 1.75. The molecular weight excluding hydrogens is 159 g/mol. The van der Waals surface area contributed by atoms with Crippen LogP contribution >= 0.6 is 8.03 Å². The molecule has 0 aliphatic rings. The van der Waals surface area contributed by atoms with Crippen LogP contribution in [-0.4, -0.2) is 6.66 Å². The Morgan fingerprint density at radius 2 is 2.00 bits per heavy atom. The van der Waals surface area contributed by atoms with E-state index in [2.05, 4.69) is 0 Å². The summed E-state index contributed by atoms with van der Waals surface area (Å²) in [5.41, 5.74) is 1.05. The van der Waals surface area contributed by atoms with Gasteiger partial charge in [0.1, 0.15) is 0 Å². The fourth-order valence-corrected chi connectivity index (χ4v) is 1.07. The van der Waals surface area contributed by atoms with E-state index in [1.165, 1.54) is 0 Å². The van der Waals surface area contributed by atoms with Crippen molar-refractivity contribution < 1.29 is 9.09 Å². The van der Waals surface area contributed by atoms with Crippen LogP contribution in [0, 0.1) is 0 Å². The van der Waals surface area contributed by atoms with Gasteiger partial charge in [-0.3, -0.25) is 9.09 Å². The van der Waals surface area contributed by atoms with Crippen LogP contribution in [0.1, 0.15) is 5.56 Å². The van der Waals surface area contributed by atoms with Crippen molar-refractivity contribution in [3.63, 3.8) is 0 Å². The zero-order chi connectivity index (χ0) is 8.10. The lowest BCUT2D eigenvalue weighted by Crippen LogP contribution is -1.83. The van der Waals surface area contributed by atoms with Crippen molar-refractivity contribution in [1.82, 2.24) is 0 Å². The van der Waals surface area contributed by atoms with Gasteiger partial charge in [-0.25, -0.2) is 0 Å². The van der Waals surface area contributed by atoms with E-state index < -0.39 is 8.03 Å². The summed E-state index contributed by atoms with van der Waals surface area (Å²) < 4.78 is 15.5. The molecule has 1 unspecified atom stereocenters. The Morgan fingerprint density at radius 1 is 1.36 bits per heavy atom. The Labute approximate surface area is 67.1 Å². The SMILES string of the molecule is C[P](=O)OCc1ccccc1. The lowest BCUT2D eigenvalue weighted by atomic mass is 10.2. The average molecular weight is 169 g/mol. The van der Waals surface area contributed by atoms with E-state index >= 15 is 0 Å². The summed E-state index contributed by atoms with van der Waals surface area (Å²) in [6, 6.07) is 9.69. The smallest absolute Gasteiger partial charge is 0.209 e. The molecule has 0 spiro atoms. The summed E-state index contributed by atoms with van der Waals surface area (Å²) in [6.45, 7) is 1.99. The summed E-state index contributed by atoms with van der Waals surface area (Å²) in [5, 5.41) is 0. The highest BCUT2D eigenvalue weighted by Gasteiger charge is 1.92. The van der Waals surface area contributed by atoms with Gasteiger partial charge in [-0.15, -0.1) is 0 Å². The van der Waals surface area contributed by atoms with Gasteiger partial charge in [-0.05, 0) is 5.56 Å². The van der Waals surface area contributed by atoms with Gasteiger partial charge < -0.3 is 0 Å². The molecule has 0 saturated heterocycles. The monoisotopic (exact) mass is 169 g/mol. The van der Waals surface area contributed by atoms with Crippen molar-refractivity contribution in [2.24, 2.45) is 0 Å². The van der Waals surface area contributed by atoms with Crippen LogP contribution < -0.4 is 0 Å². The topological polar surface area (TPSA) is 26.3 Å². The summed E-state index contributed by atoms with van der Waals surface area (Å²) in [4.78, 5) is 0. The Kier molecular flexibility index (Phi) is 3.21. The van der Waals surface area contributed by atoms with Crippen LogP contribution in [0.4, 0.5) is 0 Å². The molecule has 0 N–H and O–H groups in total. The summed E-state index contributed by atoms with van der Waals surface area (Å²) >= 11 is 0. The maximum atomic E-state index is 10.5. The molecule has 1 radical (unpaired) electrons. The number of hydrogen-bond donors (Lipinski definition) is 0. The Bertz CT molecular complexity index is 233. The predicted octanol–water partition coefficient (Wildman–Crippen LogP) is 2.58. The maximum Gasteiger partial charge on any atom is 0.209 e. The maximum absolute atomic E-state index is 10.5. The first-order chi connectivity index (χ1) is 5.29. The van der Waals surface area contributed by atoms with E-state index in [-0.39, 0.29) is 0 Å². The second kappa shape index (κ2) is 4.22. The average Bonchev–Trinajstić information content (AvgIpc) is 2.03. The van der Waals surface area contributed by atoms with Gasteiger partial charge in [0, 0.05) is 6.66 Å². The van der Waals surface area contributed by atoms with Crippen LogP contribution in [0.25, 0.3) is 0 Å². The van der Waals surface area contributed by atoms with Gasteiger partial charge in [0.05, 0.1) is 6.61 Å². The minimum atomic E-state index is -1.47. The molecule has 1 rings (SSSR count). The molecule has 0 bridgehead atoms. The highest BCUT2D eigenvalue weighted by molar-refractivity contribution is 7.38. The molecule has 11 heavy (non-hydrogen) atoms. The van der Waals surface area contributed by atoms with Gasteiger partial charge in [0.25, 0.3) is 0 Å². The first-order valence-electron chi connectivity index (χ1n) is 3.37. The second-order valence-electron chi connectivity index (χ2n) is 2.20. The standard InChI is InChI=1S/C8H10O2P/c1-11(9)10-7-8-5-3-2-4-6-8/h2-6H,7H2,1H3. The van der Waals surface area contributed by atoms with Crippen molar-refractivity contribution in [1.29, 1.82) is 0 Å². The van der Waals surface area contributed by atoms with E-state index in [0.29, 0.717) is 6.61 Å². The third-order valence-electron chi connectivity index (χ3n) is 1.26. The minimum Gasteiger partial charge on any atom is -0.299 e. The fraction of sp³-hybridized carbons (Fsp3) is 0.250. The molecule has 59 valence electrons. The van der Waals surface area contributed by atoms with E-state index in [9.17, 15) is 4.57 Å². The highest BCUT2D eigenvalue weighted by atomic mass is 31.1. The van der Waals surface area contributed by atoms with Crippen LogP contribution in [0.3, 0.4) is 0 Å². The minimum absolute atomic E-state index is 0.437. The molecular formula is C8H10O2P. The molecule has 0 aliphatic heterocycles. The zero-order valence-electron chi connectivity index (χ0n) is 6.36. The number of hydrogen-bond acceptors (Lipinski definition) is 2. The molecule has 3 heteroatoms. The van der Waals surface area contributed by atoms with E-state index in [1.54, 1.807) is 6.66 Å². The van der Waals surface area contributed by atoms with Gasteiger partial charge in [-0.1, -0.05) is 30.3 Å². The largest absolute Gasteiger partial charge is 0.299 e. The summed E-state index contributed by atoms with van der Waals surface area (Å²) in [5.74, 6) is 0. The summed E-state index contributed by atoms with van der Waals surface area (Å²) in [6.07, 6.45) is 0. The molecule has 0 saturated carbocycles. The van der Waals surface area contributed by atoms with Crippen LogP contribution in [0.5, 0.6) is 0 Å². The lowest BCUT2D eigenvalue weighted by molar-refractivity contribution is 0.322. The second-order valence-corrected chi connectivity index (χ2v) is 3.34. The molecule has 0 heterocycles. The predicted molar refractivity (Wildman–Crippen MR) is 44.8 cm³/mol. The quantitative estimate of drug-likeness (QED) is 0.650. The van der Waals surface area contributed by atoms with E-state index in [0.717, 1.165) is 5.56 Å². The van der Waals surface area contributed by atoms with Crippen molar-refractivity contribution in [2.75, 3.05) is 6.66 Å². The van der Waals surface area contributed by atoms with Gasteiger partial charge >= 0.3 is 0 Å². The van der Waals surface area contributed by atoms with Crippen LogP contribution in [0.15, 0.2) is 30.3 Å². The molecule has 0 aliphatic carbocycles. The van der Waals surface area contributed by atoms with Gasteiger partial charge in [0.15, 0.2) is 0 Å². The van der Waals surface area contributed by atoms with Crippen molar-refractivity contribution >= 4 is 8.03 Å². The molecule has 1 aromatic carbocycles. The van der Waals surface area contributed by atoms with E-state index in [4.69, 9.17) is 4.52 Å². The zero-order valence-corrected chi connectivity index (χ0v) is 7.25. The lowest BCUT2D eigenvalue weighted by Gasteiger charge is -1.97. The molecule has 0 aromatic heterocycles. The Hall–Kier alpha value is -0.720. The van der Waals surface area contributed by atoms with Crippen molar-refractivity contribution in [3.05, 3.63) is 35.9 Å². The first kappa shape index (κ1) is 8.38. The molecule has 1 aromatic rings. The van der Waals surface area contributed by atoms with Crippen molar-refractivity contribution in [2.45, 2.75) is 6.61 Å². The Morgan fingerprint density at radius 3 is 2.55 bits per heavy atom. The van der Waals surface area contributed by atoms with E-state index in [1.807, 2.05) is 30.3 Å². The molecule has 0 fully saturated rings. The Balaban J connectivity index is 2.45. The molecule has 1 atom stereocenters. The first-order valence-corrected chi connectivity index (χ1v) is 4.99. The number of rotatable bonds is 3.